The molecule has 1 saturated heterocycles. The van der Waals surface area contributed by atoms with E-state index in [0.29, 0.717) is 22.1 Å². The highest BCUT2D eigenvalue weighted by Crippen LogP contribution is 2.25. The number of amides is 3. The van der Waals surface area contributed by atoms with Gasteiger partial charge in [0.2, 0.25) is 0 Å². The number of rotatable bonds is 1. The second-order valence-electron chi connectivity index (χ2n) is 4.04. The lowest BCUT2D eigenvalue weighted by molar-refractivity contribution is -0.118. The zero-order valence-electron chi connectivity index (χ0n) is 9.74. The number of anilines is 1. The molecule has 6 heteroatoms. The Morgan fingerprint density at radius 1 is 1.41 bits per heavy atom. The quantitative estimate of drug-likeness (QED) is 0.777. The number of hydrogen-bond donors (Lipinski definition) is 1. The number of halogens is 1. The van der Waals surface area contributed by atoms with Crippen molar-refractivity contribution in [3.05, 3.63) is 22.3 Å². The van der Waals surface area contributed by atoms with Crippen LogP contribution in [0, 0.1) is 13.8 Å². The molecule has 1 aliphatic rings. The third-order valence-electron chi connectivity index (χ3n) is 2.66. The number of carbonyl (C=O) groups is 2. The number of nitrogens with zero attached hydrogens (tertiary/aromatic N) is 2. The van der Waals surface area contributed by atoms with E-state index in [1.54, 1.807) is 26.8 Å². The van der Waals surface area contributed by atoms with Crippen LogP contribution in [0.2, 0.25) is 5.02 Å². The van der Waals surface area contributed by atoms with Crippen molar-refractivity contribution in [2.75, 3.05) is 4.90 Å². The predicted molar refractivity (Wildman–Crippen MR) is 64.2 cm³/mol. The van der Waals surface area contributed by atoms with Crippen LogP contribution in [0.25, 0.3) is 0 Å². The number of urea groups is 1. The van der Waals surface area contributed by atoms with Gasteiger partial charge in [0.15, 0.2) is 0 Å². The molecule has 0 aromatic carbocycles. The molecular formula is C11H12ClN3O2. The number of nitrogens with one attached hydrogen (secondary N) is 1. The number of carbonyl (C=O) groups excluding carboxylic acids is 2. The summed E-state index contributed by atoms with van der Waals surface area (Å²) in [5, 5.41) is 3.06. The molecule has 1 aliphatic heterocycles. The Balaban J connectivity index is 2.51. The lowest BCUT2D eigenvalue weighted by Gasteiger charge is -2.15. The first-order valence-electron chi connectivity index (χ1n) is 5.20. The fourth-order valence-corrected chi connectivity index (χ4v) is 1.90. The Morgan fingerprint density at radius 2 is 2.06 bits per heavy atom. The van der Waals surface area contributed by atoms with Gasteiger partial charge in [-0.25, -0.2) is 14.7 Å². The molecule has 0 aliphatic carbocycles. The molecule has 90 valence electrons. The van der Waals surface area contributed by atoms with E-state index in [9.17, 15) is 9.59 Å². The van der Waals surface area contributed by atoms with Crippen molar-refractivity contribution in [2.45, 2.75) is 26.8 Å². The van der Waals surface area contributed by atoms with Crippen molar-refractivity contribution in [3.63, 3.8) is 0 Å². The molecule has 0 spiro atoms. The van der Waals surface area contributed by atoms with E-state index in [4.69, 9.17) is 11.6 Å². The highest BCUT2D eigenvalue weighted by molar-refractivity contribution is 6.31. The second-order valence-corrected chi connectivity index (χ2v) is 4.45. The van der Waals surface area contributed by atoms with Gasteiger partial charge in [-0.2, -0.15) is 0 Å². The van der Waals surface area contributed by atoms with E-state index in [1.165, 1.54) is 0 Å². The summed E-state index contributed by atoms with van der Waals surface area (Å²) in [4.78, 5) is 28.8. The summed E-state index contributed by atoms with van der Waals surface area (Å²) >= 11 is 5.93. The first-order chi connectivity index (χ1) is 7.91. The summed E-state index contributed by atoms with van der Waals surface area (Å²) in [6, 6.07) is 0.738. The smallest absolute Gasteiger partial charge is 0.326 e. The molecule has 1 aromatic rings. The van der Waals surface area contributed by atoms with Crippen molar-refractivity contribution in [2.24, 2.45) is 0 Å². The maximum atomic E-state index is 11.8. The van der Waals surface area contributed by atoms with Gasteiger partial charge in [-0.15, -0.1) is 0 Å². The largest absolute Gasteiger partial charge is 0.330 e. The Labute approximate surface area is 104 Å². The summed E-state index contributed by atoms with van der Waals surface area (Å²) in [5.74, 6) is 0.0473. The van der Waals surface area contributed by atoms with Gasteiger partial charge in [0.05, 0.1) is 10.7 Å². The van der Waals surface area contributed by atoms with Crippen LogP contribution in [0.4, 0.5) is 10.6 Å². The molecule has 1 N–H and O–H groups in total. The van der Waals surface area contributed by atoms with Crippen LogP contribution in [-0.2, 0) is 4.79 Å². The van der Waals surface area contributed by atoms with Gasteiger partial charge in [0.25, 0.3) is 5.91 Å². The fourth-order valence-electron chi connectivity index (χ4n) is 1.69. The minimum absolute atomic E-state index is 0.299. The van der Waals surface area contributed by atoms with E-state index in [1.807, 2.05) is 0 Å². The van der Waals surface area contributed by atoms with E-state index in [2.05, 4.69) is 10.3 Å². The molecule has 1 aromatic heterocycles. The van der Waals surface area contributed by atoms with Crippen LogP contribution >= 0.6 is 11.6 Å². The van der Waals surface area contributed by atoms with Crippen LogP contribution < -0.4 is 10.2 Å². The average Bonchev–Trinajstić information content (AvgIpc) is 2.48. The first-order valence-corrected chi connectivity index (χ1v) is 5.58. The SMILES string of the molecule is Cc1cc(Cl)c(C)nc1N1C(=O)NC(C)C1=O. The molecule has 5 nitrogen and oxygen atoms in total. The van der Waals surface area contributed by atoms with Gasteiger partial charge in [-0.05, 0) is 32.4 Å². The normalized spacial score (nSPS) is 19.8. The summed E-state index contributed by atoms with van der Waals surface area (Å²) in [5.41, 5.74) is 1.28. The molecule has 0 radical (unpaired) electrons. The molecular weight excluding hydrogens is 242 g/mol. The zero-order valence-corrected chi connectivity index (χ0v) is 10.5. The maximum absolute atomic E-state index is 11.8. The van der Waals surface area contributed by atoms with Crippen LogP contribution in [0.15, 0.2) is 6.07 Å². The zero-order chi connectivity index (χ0) is 12.7. The predicted octanol–water partition coefficient (Wildman–Crippen LogP) is 1.80. The van der Waals surface area contributed by atoms with E-state index < -0.39 is 12.1 Å². The lowest BCUT2D eigenvalue weighted by atomic mass is 10.2. The highest BCUT2D eigenvalue weighted by atomic mass is 35.5. The Hall–Kier alpha value is -1.62. The molecule has 1 fully saturated rings. The summed E-state index contributed by atoms with van der Waals surface area (Å²) in [7, 11) is 0. The lowest BCUT2D eigenvalue weighted by Crippen LogP contribution is -2.32. The highest BCUT2D eigenvalue weighted by Gasteiger charge is 2.37. The van der Waals surface area contributed by atoms with Crippen LogP contribution in [0.3, 0.4) is 0 Å². The topological polar surface area (TPSA) is 62.3 Å². The molecule has 0 bridgehead atoms. The third-order valence-corrected chi connectivity index (χ3v) is 3.04. The van der Waals surface area contributed by atoms with Gasteiger partial charge in [-0.3, -0.25) is 4.79 Å². The molecule has 0 saturated carbocycles. The summed E-state index contributed by atoms with van der Waals surface area (Å²) in [6.45, 7) is 5.13. The van der Waals surface area contributed by atoms with Crippen molar-refractivity contribution < 1.29 is 9.59 Å². The van der Waals surface area contributed by atoms with E-state index >= 15 is 0 Å². The van der Waals surface area contributed by atoms with Crippen molar-refractivity contribution in [1.29, 1.82) is 0 Å². The molecule has 2 rings (SSSR count). The first kappa shape index (κ1) is 11.9. The molecule has 3 amide bonds. The maximum Gasteiger partial charge on any atom is 0.330 e. The van der Waals surface area contributed by atoms with E-state index in [-0.39, 0.29) is 5.91 Å². The summed E-state index contributed by atoms with van der Waals surface area (Å²) in [6.07, 6.45) is 0. The molecule has 17 heavy (non-hydrogen) atoms. The molecule has 2 heterocycles. The number of aryl methyl sites for hydroxylation is 2. The van der Waals surface area contributed by atoms with Gasteiger partial charge < -0.3 is 5.32 Å². The number of hydrogen-bond acceptors (Lipinski definition) is 3. The minimum Gasteiger partial charge on any atom is -0.326 e. The van der Waals surface area contributed by atoms with Gasteiger partial charge in [0, 0.05) is 0 Å². The van der Waals surface area contributed by atoms with Crippen LogP contribution in [0.5, 0.6) is 0 Å². The van der Waals surface area contributed by atoms with E-state index in [0.717, 1.165) is 4.90 Å². The Kier molecular flexibility index (Phi) is 2.79. The number of aromatic nitrogens is 1. The van der Waals surface area contributed by atoms with Gasteiger partial charge in [-0.1, -0.05) is 11.6 Å². The summed E-state index contributed by atoms with van der Waals surface area (Å²) < 4.78 is 0. The Morgan fingerprint density at radius 3 is 2.59 bits per heavy atom. The average molecular weight is 254 g/mol. The van der Waals surface area contributed by atoms with Crippen LogP contribution in [0.1, 0.15) is 18.2 Å². The molecule has 1 unspecified atom stereocenters. The van der Waals surface area contributed by atoms with Crippen LogP contribution in [-0.4, -0.2) is 23.0 Å². The standard InChI is InChI=1S/C11H12ClN3O2/c1-5-4-8(12)6(2)13-9(5)15-10(16)7(3)14-11(15)17/h4,7H,1-3H3,(H,14,17). The van der Waals surface area contributed by atoms with Gasteiger partial charge in [0.1, 0.15) is 11.9 Å². The van der Waals surface area contributed by atoms with Gasteiger partial charge >= 0.3 is 6.03 Å². The minimum atomic E-state index is -0.514. The number of imide groups is 1. The van der Waals surface area contributed by atoms with Crippen molar-refractivity contribution in [3.8, 4) is 0 Å². The number of pyridine rings is 1. The van der Waals surface area contributed by atoms with Crippen molar-refractivity contribution in [1.82, 2.24) is 10.3 Å². The fraction of sp³-hybridized carbons (Fsp3) is 0.364. The monoisotopic (exact) mass is 253 g/mol. The third kappa shape index (κ3) is 1.86. The second kappa shape index (κ2) is 4.00. The van der Waals surface area contributed by atoms with Crippen molar-refractivity contribution >= 4 is 29.4 Å². The Bertz CT molecular complexity index is 516. The molecule has 1 atom stereocenters.